The summed E-state index contributed by atoms with van der Waals surface area (Å²) >= 11 is 5.98. The molecule has 2 heterocycles. The largest absolute Gasteiger partial charge is 0.469 e. The van der Waals surface area contributed by atoms with E-state index in [1.54, 1.807) is 19.1 Å². The lowest BCUT2D eigenvalue weighted by Gasteiger charge is -2.35. The maximum Gasteiger partial charge on any atom is 0.264 e. The molecule has 0 radical (unpaired) electrons. The molecule has 0 fully saturated rings. The van der Waals surface area contributed by atoms with E-state index in [0.717, 1.165) is 15.9 Å². The quantitative estimate of drug-likeness (QED) is 0.501. The highest BCUT2D eigenvalue weighted by molar-refractivity contribution is 7.92. The molecular weight excluding hydrogens is 511 g/mol. The molecule has 1 aromatic heterocycles. The number of aromatic nitrogens is 1. The minimum Gasteiger partial charge on any atom is -0.469 e. The van der Waals surface area contributed by atoms with Gasteiger partial charge in [0.25, 0.3) is 15.9 Å². The fourth-order valence-electron chi connectivity index (χ4n) is 3.66. The summed E-state index contributed by atoms with van der Waals surface area (Å²) < 4.78 is 48.4. The first-order valence-electron chi connectivity index (χ1n) is 10.8. The Labute approximate surface area is 212 Å². The number of hydrogen-bond acceptors (Lipinski definition) is 6. The maximum atomic E-state index is 14.2. The molecule has 1 atom stereocenters. The van der Waals surface area contributed by atoms with Gasteiger partial charge in [-0.25, -0.2) is 17.8 Å². The van der Waals surface area contributed by atoms with Crippen LogP contribution in [0.15, 0.2) is 59.6 Å². The van der Waals surface area contributed by atoms with Crippen LogP contribution in [0.5, 0.6) is 5.88 Å². The number of benzene rings is 2. The summed E-state index contributed by atoms with van der Waals surface area (Å²) in [5, 5.41) is 5.04. The molecule has 0 unspecified atom stereocenters. The number of rotatable bonds is 6. The molecule has 0 bridgehead atoms. The molecule has 2 aromatic carbocycles. The number of ether oxygens (including phenoxy) is 1. The van der Waals surface area contributed by atoms with Gasteiger partial charge >= 0.3 is 0 Å². The average Bonchev–Trinajstić information content (AvgIpc) is 2.82. The maximum absolute atomic E-state index is 14.2. The number of carbonyl (C=O) groups excluding carboxylic acids is 2. The normalized spacial score (nSPS) is 15.0. The number of fused-ring (bicyclic) bond motifs is 1. The molecule has 3 aromatic rings. The highest BCUT2D eigenvalue weighted by Gasteiger charge is 2.36. The van der Waals surface area contributed by atoms with Gasteiger partial charge in [0, 0.05) is 6.92 Å². The summed E-state index contributed by atoms with van der Waals surface area (Å²) in [6.07, 6.45) is 0.537. The van der Waals surface area contributed by atoms with Crippen molar-refractivity contribution >= 4 is 44.8 Å². The Balaban J connectivity index is 1.72. The fraction of sp³-hybridized carbons (Fsp3) is 0.208. The lowest BCUT2D eigenvalue weighted by atomic mass is 10.2. The van der Waals surface area contributed by atoms with E-state index >= 15 is 0 Å². The first-order valence-corrected chi connectivity index (χ1v) is 12.6. The van der Waals surface area contributed by atoms with E-state index in [1.165, 1.54) is 43.5 Å². The molecule has 2 N–H and O–H groups in total. The number of pyridine rings is 1. The number of hydrogen-bond donors (Lipinski definition) is 2. The van der Waals surface area contributed by atoms with Crippen molar-refractivity contribution < 1.29 is 27.1 Å². The van der Waals surface area contributed by atoms with E-state index in [-0.39, 0.29) is 51.7 Å². The van der Waals surface area contributed by atoms with Crippen LogP contribution in [0.25, 0.3) is 0 Å². The summed E-state index contributed by atoms with van der Waals surface area (Å²) in [6.45, 7) is 3.05. The minimum absolute atomic E-state index is 0.00486. The molecule has 4 rings (SSSR count). The summed E-state index contributed by atoms with van der Waals surface area (Å²) in [5.74, 6) is -1.93. The van der Waals surface area contributed by atoms with Crippen molar-refractivity contribution in [2.75, 3.05) is 22.7 Å². The van der Waals surface area contributed by atoms with Crippen molar-refractivity contribution in [3.63, 3.8) is 0 Å². The third kappa shape index (κ3) is 5.26. The van der Waals surface area contributed by atoms with Crippen LogP contribution >= 0.6 is 11.6 Å². The summed E-state index contributed by atoms with van der Waals surface area (Å²) in [5.41, 5.74) is 0.576. The monoisotopic (exact) mass is 532 g/mol. The highest BCUT2D eigenvalue weighted by atomic mass is 35.5. The molecule has 1 aliphatic heterocycles. The first kappa shape index (κ1) is 25.4. The van der Waals surface area contributed by atoms with Gasteiger partial charge in [0.1, 0.15) is 17.6 Å². The van der Waals surface area contributed by atoms with E-state index in [0.29, 0.717) is 0 Å². The van der Waals surface area contributed by atoms with Crippen LogP contribution < -0.4 is 19.7 Å². The van der Waals surface area contributed by atoms with Gasteiger partial charge in [-0.05, 0) is 42.8 Å². The predicted octanol–water partition coefficient (Wildman–Crippen LogP) is 3.53. The Morgan fingerprint density at radius 3 is 2.67 bits per heavy atom. The zero-order chi connectivity index (χ0) is 26.0. The van der Waals surface area contributed by atoms with Gasteiger partial charge in [-0.2, -0.15) is 0 Å². The number of nitrogens with one attached hydrogen (secondary N) is 2. The Morgan fingerprint density at radius 1 is 1.22 bits per heavy atom. The van der Waals surface area contributed by atoms with E-state index in [4.69, 9.17) is 16.3 Å². The lowest BCUT2D eigenvalue weighted by molar-refractivity contribution is -0.119. The molecule has 188 valence electrons. The van der Waals surface area contributed by atoms with Crippen molar-refractivity contribution in [1.82, 2.24) is 10.3 Å². The molecule has 0 spiro atoms. The van der Waals surface area contributed by atoms with Gasteiger partial charge in [0.15, 0.2) is 0 Å². The van der Waals surface area contributed by atoms with Crippen molar-refractivity contribution in [2.24, 2.45) is 0 Å². The van der Waals surface area contributed by atoms with Crippen molar-refractivity contribution in [1.29, 1.82) is 0 Å². The van der Waals surface area contributed by atoms with Gasteiger partial charge in [0.05, 0.1) is 40.5 Å². The van der Waals surface area contributed by atoms with Crippen LogP contribution in [-0.4, -0.2) is 44.4 Å². The Hall–Kier alpha value is -3.70. The average molecular weight is 533 g/mol. The van der Waals surface area contributed by atoms with Crippen LogP contribution in [0.4, 0.5) is 15.8 Å². The van der Waals surface area contributed by atoms with E-state index in [9.17, 15) is 22.4 Å². The van der Waals surface area contributed by atoms with Crippen molar-refractivity contribution in [2.45, 2.75) is 24.8 Å². The zero-order valence-electron chi connectivity index (χ0n) is 19.3. The number of carbonyl (C=O) groups is 2. The van der Waals surface area contributed by atoms with E-state index in [1.807, 2.05) is 0 Å². The molecule has 36 heavy (non-hydrogen) atoms. The summed E-state index contributed by atoms with van der Waals surface area (Å²) in [4.78, 5) is 28.3. The number of aryl methyl sites for hydroxylation is 1. The Bertz CT molecular complexity index is 1430. The number of amides is 2. The molecule has 1 aliphatic rings. The van der Waals surface area contributed by atoms with Gasteiger partial charge < -0.3 is 15.4 Å². The van der Waals surface area contributed by atoms with Crippen molar-refractivity contribution in [3.05, 3.63) is 76.7 Å². The van der Waals surface area contributed by atoms with Crippen molar-refractivity contribution in [3.8, 4) is 5.88 Å². The molecule has 12 heteroatoms. The van der Waals surface area contributed by atoms with Gasteiger partial charge in [-0.15, -0.1) is 0 Å². The van der Waals surface area contributed by atoms with Crippen LogP contribution in [0.3, 0.4) is 0 Å². The Morgan fingerprint density at radius 2 is 1.97 bits per heavy atom. The third-order valence-electron chi connectivity index (χ3n) is 5.35. The SMILES string of the molecule is CC(=O)NC[C@H]1CN(S(=O)(=O)c2cccc(C)c2)c2cc(NC(=O)c3c(F)cccc3Cl)cnc2O1. The van der Waals surface area contributed by atoms with Crippen LogP contribution in [0.2, 0.25) is 5.02 Å². The Kier molecular flexibility index (Phi) is 7.14. The molecular formula is C24H22ClFN4O5S. The first-order chi connectivity index (χ1) is 17.1. The molecule has 0 aliphatic carbocycles. The fourth-order valence-corrected chi connectivity index (χ4v) is 5.50. The third-order valence-corrected chi connectivity index (χ3v) is 7.44. The van der Waals surface area contributed by atoms with Crippen LogP contribution in [0.1, 0.15) is 22.8 Å². The summed E-state index contributed by atoms with van der Waals surface area (Å²) in [6, 6.07) is 11.6. The molecule has 0 saturated heterocycles. The molecule has 9 nitrogen and oxygen atoms in total. The zero-order valence-corrected chi connectivity index (χ0v) is 20.9. The second-order valence-corrected chi connectivity index (χ2v) is 10.4. The van der Waals surface area contributed by atoms with Crippen LogP contribution in [0, 0.1) is 12.7 Å². The standard InChI is InChI=1S/C24H22ClFN4O5S/c1-14-5-3-6-18(9-14)36(33,34)30-13-17(12-27-15(2)31)35-24-21(30)10-16(11-28-24)29-23(32)22-19(25)7-4-8-20(22)26/h3-11,17H,12-13H2,1-2H3,(H,27,31)(H,29,32)/t17-/m0/s1. The summed E-state index contributed by atoms with van der Waals surface area (Å²) in [7, 11) is -4.07. The van der Waals surface area contributed by atoms with Gasteiger partial charge in [0.2, 0.25) is 11.8 Å². The molecule has 2 amide bonds. The second kappa shape index (κ2) is 10.1. The topological polar surface area (TPSA) is 118 Å². The minimum atomic E-state index is -4.07. The number of anilines is 2. The van der Waals surface area contributed by atoms with Gasteiger partial charge in [-0.3, -0.25) is 13.9 Å². The smallest absolute Gasteiger partial charge is 0.264 e. The molecule has 0 saturated carbocycles. The van der Waals surface area contributed by atoms with Gasteiger partial charge in [-0.1, -0.05) is 29.8 Å². The van der Waals surface area contributed by atoms with Crippen LogP contribution in [-0.2, 0) is 14.8 Å². The number of nitrogens with zero attached hydrogens (tertiary/aromatic N) is 2. The van der Waals surface area contributed by atoms with E-state index in [2.05, 4.69) is 15.6 Å². The lowest BCUT2D eigenvalue weighted by Crippen LogP contribution is -2.48. The number of sulfonamides is 1. The predicted molar refractivity (Wildman–Crippen MR) is 132 cm³/mol. The number of halogens is 2. The van der Waals surface area contributed by atoms with E-state index < -0.39 is 27.9 Å². The second-order valence-electron chi connectivity index (χ2n) is 8.13. The highest BCUT2D eigenvalue weighted by Crippen LogP contribution is 2.37.